The fourth-order valence-corrected chi connectivity index (χ4v) is 6.62. The zero-order valence-corrected chi connectivity index (χ0v) is 29.5. The first kappa shape index (κ1) is 41.9. The lowest BCUT2D eigenvalue weighted by Crippen LogP contribution is -2.31. The molecule has 0 heterocycles. The van der Waals surface area contributed by atoms with Crippen LogP contribution >= 0.6 is 0 Å². The Kier molecular flexibility index (Phi) is 33.0. The van der Waals surface area contributed by atoms with Gasteiger partial charge < -0.3 is 11.5 Å². The molecule has 4 N–H and O–H groups in total. The van der Waals surface area contributed by atoms with Gasteiger partial charge >= 0.3 is 0 Å². The van der Waals surface area contributed by atoms with E-state index in [1.807, 2.05) is 0 Å². The highest BCUT2D eigenvalue weighted by Gasteiger charge is 2.24. The molecule has 0 spiro atoms. The fourth-order valence-electron chi connectivity index (χ4n) is 6.62. The summed E-state index contributed by atoms with van der Waals surface area (Å²) in [7, 11) is 0. The molecular weight excluding hydrogens is 528 g/mol. The van der Waals surface area contributed by atoms with E-state index in [1.165, 1.54) is 167 Å². The predicted molar refractivity (Wildman–Crippen MR) is 189 cm³/mol. The van der Waals surface area contributed by atoms with Crippen molar-refractivity contribution in [3.05, 3.63) is 0 Å². The zero-order chi connectivity index (χ0) is 31.6. The summed E-state index contributed by atoms with van der Waals surface area (Å²) in [5.74, 6) is -0.937. The summed E-state index contributed by atoms with van der Waals surface area (Å²) >= 11 is 0. The van der Waals surface area contributed by atoms with Gasteiger partial charge in [0.15, 0.2) is 0 Å². The Hall–Kier alpha value is -1.06. The SMILES string of the molecule is CCCCCCCCCCCCCCCCCC(CC(CCCCCCCCCCCCCCCCC)C(N)=O)C(N)=O. The number of carbonyl (C=O) groups excluding carboxylic acids is 2. The number of carbonyl (C=O) groups is 2. The first-order chi connectivity index (χ1) is 21.0. The molecule has 43 heavy (non-hydrogen) atoms. The Labute approximate surface area is 270 Å². The summed E-state index contributed by atoms with van der Waals surface area (Å²) in [5.41, 5.74) is 11.5. The van der Waals surface area contributed by atoms with Gasteiger partial charge in [-0.05, 0) is 19.3 Å². The van der Waals surface area contributed by atoms with Gasteiger partial charge in [0, 0.05) is 11.8 Å². The molecule has 0 rings (SSSR count). The van der Waals surface area contributed by atoms with Crippen LogP contribution < -0.4 is 11.5 Å². The molecule has 4 nitrogen and oxygen atoms in total. The van der Waals surface area contributed by atoms with E-state index in [-0.39, 0.29) is 23.7 Å². The maximum atomic E-state index is 12.1. The minimum Gasteiger partial charge on any atom is -0.369 e. The summed E-state index contributed by atoms with van der Waals surface area (Å²) in [6.07, 6.45) is 42.2. The van der Waals surface area contributed by atoms with E-state index in [1.54, 1.807) is 0 Å². The minimum absolute atomic E-state index is 0.212. The van der Waals surface area contributed by atoms with Crippen LogP contribution in [-0.4, -0.2) is 11.8 Å². The van der Waals surface area contributed by atoms with E-state index >= 15 is 0 Å². The number of amides is 2. The normalized spacial score (nSPS) is 12.9. The quantitative estimate of drug-likeness (QED) is 0.0695. The van der Waals surface area contributed by atoms with Crippen LogP contribution in [0.2, 0.25) is 0 Å². The Morgan fingerprint density at radius 2 is 0.535 bits per heavy atom. The van der Waals surface area contributed by atoms with Crippen molar-refractivity contribution in [1.29, 1.82) is 0 Å². The molecule has 2 atom stereocenters. The van der Waals surface area contributed by atoms with Crippen molar-refractivity contribution in [2.45, 2.75) is 226 Å². The van der Waals surface area contributed by atoms with Crippen LogP contribution in [0.1, 0.15) is 226 Å². The highest BCUT2D eigenvalue weighted by atomic mass is 16.1. The van der Waals surface area contributed by atoms with Gasteiger partial charge in [0.2, 0.25) is 11.8 Å². The van der Waals surface area contributed by atoms with Crippen molar-refractivity contribution >= 4 is 11.8 Å². The summed E-state index contributed by atoms with van der Waals surface area (Å²) in [4.78, 5) is 24.2. The topological polar surface area (TPSA) is 86.2 Å². The molecule has 0 aliphatic carbocycles. The highest BCUT2D eigenvalue weighted by molar-refractivity contribution is 5.80. The van der Waals surface area contributed by atoms with Gasteiger partial charge in [-0.1, -0.05) is 206 Å². The van der Waals surface area contributed by atoms with Gasteiger partial charge in [-0.3, -0.25) is 9.59 Å². The zero-order valence-electron chi connectivity index (χ0n) is 29.5. The molecule has 0 saturated carbocycles. The molecule has 0 aromatic carbocycles. The van der Waals surface area contributed by atoms with E-state index < -0.39 is 0 Å². The fraction of sp³-hybridized carbons (Fsp3) is 0.949. The van der Waals surface area contributed by atoms with E-state index in [9.17, 15) is 9.59 Å². The Balaban J connectivity index is 3.76. The lowest BCUT2D eigenvalue weighted by atomic mass is 9.86. The van der Waals surface area contributed by atoms with Crippen LogP contribution in [-0.2, 0) is 9.59 Å². The van der Waals surface area contributed by atoms with Crippen molar-refractivity contribution in [2.24, 2.45) is 23.3 Å². The van der Waals surface area contributed by atoms with Crippen LogP contribution in [0.25, 0.3) is 0 Å². The van der Waals surface area contributed by atoms with Crippen LogP contribution in [0.15, 0.2) is 0 Å². The van der Waals surface area contributed by atoms with E-state index in [0.717, 1.165) is 38.5 Å². The van der Waals surface area contributed by atoms with Crippen molar-refractivity contribution in [1.82, 2.24) is 0 Å². The largest absolute Gasteiger partial charge is 0.369 e. The Morgan fingerprint density at radius 1 is 0.349 bits per heavy atom. The lowest BCUT2D eigenvalue weighted by Gasteiger charge is -2.19. The van der Waals surface area contributed by atoms with E-state index in [0.29, 0.717) is 6.42 Å². The number of nitrogens with two attached hydrogens (primary N) is 2. The molecular formula is C39H78N2O2. The molecule has 0 fully saturated rings. The smallest absolute Gasteiger partial charge is 0.220 e. The first-order valence-corrected chi connectivity index (χ1v) is 19.6. The number of primary amides is 2. The number of rotatable bonds is 36. The number of hydrogen-bond donors (Lipinski definition) is 2. The van der Waals surface area contributed by atoms with Gasteiger partial charge in [0.1, 0.15) is 0 Å². The van der Waals surface area contributed by atoms with Crippen molar-refractivity contribution in [3.63, 3.8) is 0 Å². The highest BCUT2D eigenvalue weighted by Crippen LogP contribution is 2.24. The molecule has 0 saturated heterocycles. The second kappa shape index (κ2) is 33.8. The third-order valence-corrected chi connectivity index (χ3v) is 9.69. The lowest BCUT2D eigenvalue weighted by molar-refractivity contribution is -0.125. The molecule has 4 heteroatoms. The second-order valence-electron chi connectivity index (χ2n) is 13.9. The molecule has 0 aromatic heterocycles. The van der Waals surface area contributed by atoms with E-state index in [2.05, 4.69) is 13.8 Å². The number of hydrogen-bond acceptors (Lipinski definition) is 2. The molecule has 2 amide bonds. The maximum absolute atomic E-state index is 12.1. The van der Waals surface area contributed by atoms with E-state index in [4.69, 9.17) is 11.5 Å². The van der Waals surface area contributed by atoms with Crippen molar-refractivity contribution in [3.8, 4) is 0 Å². The van der Waals surface area contributed by atoms with Crippen molar-refractivity contribution < 1.29 is 9.59 Å². The van der Waals surface area contributed by atoms with Crippen molar-refractivity contribution in [2.75, 3.05) is 0 Å². The molecule has 0 radical (unpaired) electrons. The molecule has 256 valence electrons. The van der Waals surface area contributed by atoms with Gasteiger partial charge in [0.05, 0.1) is 0 Å². The Morgan fingerprint density at radius 3 is 0.721 bits per heavy atom. The second-order valence-corrected chi connectivity index (χ2v) is 13.9. The first-order valence-electron chi connectivity index (χ1n) is 19.6. The third-order valence-electron chi connectivity index (χ3n) is 9.69. The standard InChI is InChI=1S/C39H78N2O2/c1-3-5-7-9-11-13-15-17-19-21-23-25-27-29-31-33-36(38(40)42)35-37(39(41)43)34-32-30-28-26-24-22-20-18-16-14-12-10-8-6-4-2/h36-37H,3-35H2,1-2H3,(H2,40,42)(H2,41,43). The summed E-state index contributed by atoms with van der Waals surface area (Å²) in [6.45, 7) is 4.56. The molecule has 0 aliphatic rings. The molecule has 0 aliphatic heterocycles. The average molecular weight is 607 g/mol. The summed E-state index contributed by atoms with van der Waals surface area (Å²) in [5, 5.41) is 0. The molecule has 0 aromatic rings. The van der Waals surface area contributed by atoms with Gasteiger partial charge in [-0.2, -0.15) is 0 Å². The molecule has 2 unspecified atom stereocenters. The van der Waals surface area contributed by atoms with Gasteiger partial charge in [-0.25, -0.2) is 0 Å². The maximum Gasteiger partial charge on any atom is 0.220 e. The van der Waals surface area contributed by atoms with Crippen LogP contribution in [0.4, 0.5) is 0 Å². The predicted octanol–water partition coefficient (Wildman–Crippen LogP) is 12.1. The monoisotopic (exact) mass is 607 g/mol. The minimum atomic E-state index is -0.256. The van der Waals surface area contributed by atoms with Gasteiger partial charge in [-0.15, -0.1) is 0 Å². The van der Waals surface area contributed by atoms with Gasteiger partial charge in [0.25, 0.3) is 0 Å². The van der Waals surface area contributed by atoms with Crippen LogP contribution in [0.5, 0.6) is 0 Å². The molecule has 0 bridgehead atoms. The summed E-state index contributed by atoms with van der Waals surface area (Å²) in [6, 6.07) is 0. The van der Waals surface area contributed by atoms with Crippen LogP contribution in [0.3, 0.4) is 0 Å². The Bertz CT molecular complexity index is 544. The third kappa shape index (κ3) is 30.7. The number of unbranched alkanes of at least 4 members (excludes halogenated alkanes) is 28. The average Bonchev–Trinajstić information content (AvgIpc) is 2.99. The summed E-state index contributed by atoms with van der Waals surface area (Å²) < 4.78 is 0. The van der Waals surface area contributed by atoms with Crippen LogP contribution in [0, 0.1) is 11.8 Å².